The van der Waals surface area contributed by atoms with Crippen LogP contribution in [-0.2, 0) is 4.74 Å². The summed E-state index contributed by atoms with van der Waals surface area (Å²) in [5.41, 5.74) is -0.460. The monoisotopic (exact) mass is 412 g/mol. The van der Waals surface area contributed by atoms with Crippen molar-refractivity contribution in [2.45, 2.75) is 45.8 Å². The Morgan fingerprint density at radius 3 is 2.43 bits per heavy atom. The molecule has 0 aliphatic heterocycles. The Bertz CT molecular complexity index is 368. The average Bonchev–Trinajstić information content (AvgIpc) is 3.01. The van der Waals surface area contributed by atoms with Gasteiger partial charge >= 0.3 is 6.09 Å². The van der Waals surface area contributed by atoms with Crippen molar-refractivity contribution in [1.82, 2.24) is 15.5 Å². The van der Waals surface area contributed by atoms with Crippen molar-refractivity contribution in [2.75, 3.05) is 27.2 Å². The summed E-state index contributed by atoms with van der Waals surface area (Å²) in [6.45, 7) is 8.99. The Morgan fingerprint density at radius 1 is 1.43 bits per heavy atom. The number of hydrogen-bond acceptors (Lipinski definition) is 3. The molecule has 2 unspecified atom stereocenters. The van der Waals surface area contributed by atoms with Crippen molar-refractivity contribution >= 4 is 36.0 Å². The van der Waals surface area contributed by atoms with Crippen molar-refractivity contribution in [1.29, 1.82) is 0 Å². The highest BCUT2D eigenvalue weighted by Gasteiger charge is 2.33. The molecule has 0 aromatic heterocycles. The largest absolute Gasteiger partial charge is 0.444 e. The van der Waals surface area contributed by atoms with Crippen molar-refractivity contribution < 1.29 is 9.53 Å². The van der Waals surface area contributed by atoms with Gasteiger partial charge in [0.1, 0.15) is 5.60 Å². The summed E-state index contributed by atoms with van der Waals surface area (Å²) in [5, 5.41) is 6.54. The molecule has 1 amide bonds. The summed E-state index contributed by atoms with van der Waals surface area (Å²) < 4.78 is 5.29. The first-order chi connectivity index (χ1) is 9.23. The van der Waals surface area contributed by atoms with Gasteiger partial charge in [-0.15, -0.1) is 24.0 Å². The van der Waals surface area contributed by atoms with E-state index < -0.39 is 5.60 Å². The van der Waals surface area contributed by atoms with Crippen LogP contribution >= 0.6 is 24.0 Å². The van der Waals surface area contributed by atoms with Crippen LogP contribution in [0.15, 0.2) is 4.99 Å². The maximum absolute atomic E-state index is 11.8. The number of ether oxygens (including phenoxy) is 1. The number of rotatable bonds is 4. The van der Waals surface area contributed by atoms with Gasteiger partial charge in [0.15, 0.2) is 5.96 Å². The van der Waals surface area contributed by atoms with Crippen LogP contribution in [0.5, 0.6) is 0 Å². The number of likely N-dealkylation sites (N-methyl/N-ethyl adjacent to an activating group) is 1. The Hall–Kier alpha value is -0.730. The van der Waals surface area contributed by atoms with Gasteiger partial charge in [0.05, 0.1) is 0 Å². The van der Waals surface area contributed by atoms with E-state index in [0.29, 0.717) is 19.1 Å². The molecule has 1 saturated carbocycles. The Labute approximate surface area is 145 Å². The molecule has 1 aliphatic carbocycles. The van der Waals surface area contributed by atoms with Gasteiger partial charge in [-0.3, -0.25) is 4.99 Å². The van der Waals surface area contributed by atoms with Gasteiger partial charge in [-0.25, -0.2) is 4.79 Å². The van der Waals surface area contributed by atoms with Gasteiger partial charge in [0.2, 0.25) is 0 Å². The molecule has 0 heterocycles. The van der Waals surface area contributed by atoms with Crippen LogP contribution in [0, 0.1) is 5.92 Å². The Balaban J connectivity index is 0.00000400. The standard InChI is InChI=1S/C14H28N4O2.HI/c1-10-9-11(10)17-12(15-5)16-7-8-18(6)13(19)20-14(2,3)4;/h10-11H,7-9H2,1-6H3,(H2,15,16,17);1H. The molecule has 2 N–H and O–H groups in total. The van der Waals surface area contributed by atoms with E-state index in [1.54, 1.807) is 19.0 Å². The highest BCUT2D eigenvalue weighted by atomic mass is 127. The average molecular weight is 412 g/mol. The summed E-state index contributed by atoms with van der Waals surface area (Å²) in [6.07, 6.45) is 0.886. The van der Waals surface area contributed by atoms with Crippen molar-refractivity contribution in [3.8, 4) is 0 Å². The fourth-order valence-electron chi connectivity index (χ4n) is 1.67. The number of nitrogens with zero attached hydrogens (tertiary/aromatic N) is 2. The molecule has 0 saturated heterocycles. The van der Waals surface area contributed by atoms with Crippen LogP contribution in [0.3, 0.4) is 0 Å². The number of guanidine groups is 1. The first-order valence-corrected chi connectivity index (χ1v) is 7.14. The second-order valence-corrected chi connectivity index (χ2v) is 6.36. The lowest BCUT2D eigenvalue weighted by Gasteiger charge is -2.24. The van der Waals surface area contributed by atoms with Crippen LogP contribution in [-0.4, -0.2) is 55.8 Å². The third kappa shape index (κ3) is 8.33. The number of halogens is 1. The molecule has 7 heteroatoms. The SMILES string of the molecule is CN=C(NCCN(C)C(=O)OC(C)(C)C)NC1CC1C.I. The van der Waals surface area contributed by atoms with E-state index in [9.17, 15) is 4.79 Å². The van der Waals surface area contributed by atoms with Crippen molar-refractivity contribution in [3.05, 3.63) is 0 Å². The Morgan fingerprint density at radius 2 is 2.00 bits per heavy atom. The molecular weight excluding hydrogens is 383 g/mol. The van der Waals surface area contributed by atoms with Crippen LogP contribution < -0.4 is 10.6 Å². The molecule has 0 spiro atoms. The predicted molar refractivity (Wildman–Crippen MR) is 96.3 cm³/mol. The van der Waals surface area contributed by atoms with Crippen LogP contribution in [0.25, 0.3) is 0 Å². The third-order valence-corrected chi connectivity index (χ3v) is 3.10. The molecule has 1 fully saturated rings. The minimum absolute atomic E-state index is 0. The maximum atomic E-state index is 11.8. The topological polar surface area (TPSA) is 66.0 Å². The lowest BCUT2D eigenvalue weighted by Crippen LogP contribution is -2.43. The van der Waals surface area contributed by atoms with Crippen LogP contribution in [0.2, 0.25) is 0 Å². The number of carbonyl (C=O) groups is 1. The van der Waals surface area contributed by atoms with Gasteiger partial charge in [-0.1, -0.05) is 6.92 Å². The minimum Gasteiger partial charge on any atom is -0.444 e. The van der Waals surface area contributed by atoms with Gasteiger partial charge in [0.25, 0.3) is 0 Å². The second-order valence-electron chi connectivity index (χ2n) is 6.36. The molecular formula is C14H29IN4O2. The van der Waals surface area contributed by atoms with Crippen molar-refractivity contribution in [3.63, 3.8) is 0 Å². The molecule has 6 nitrogen and oxygen atoms in total. The molecule has 21 heavy (non-hydrogen) atoms. The van der Waals surface area contributed by atoms with E-state index in [2.05, 4.69) is 22.5 Å². The number of hydrogen-bond donors (Lipinski definition) is 2. The number of amides is 1. The number of aliphatic imine (C=N–C) groups is 1. The van der Waals surface area contributed by atoms with Gasteiger partial charge in [0, 0.05) is 33.2 Å². The molecule has 1 aliphatic rings. The molecule has 0 radical (unpaired) electrons. The maximum Gasteiger partial charge on any atom is 0.410 e. The lowest BCUT2D eigenvalue weighted by molar-refractivity contribution is 0.0302. The number of carbonyl (C=O) groups excluding carboxylic acids is 1. The zero-order valence-electron chi connectivity index (χ0n) is 13.9. The second kappa shape index (κ2) is 8.65. The normalized spacial score (nSPS) is 21.1. The molecule has 124 valence electrons. The fourth-order valence-corrected chi connectivity index (χ4v) is 1.67. The first kappa shape index (κ1) is 20.3. The summed E-state index contributed by atoms with van der Waals surface area (Å²) in [5.74, 6) is 1.51. The van der Waals surface area contributed by atoms with E-state index in [1.807, 2.05) is 20.8 Å². The fraction of sp³-hybridized carbons (Fsp3) is 0.857. The molecule has 0 bridgehead atoms. The highest BCUT2D eigenvalue weighted by molar-refractivity contribution is 14.0. The summed E-state index contributed by atoms with van der Waals surface area (Å²) in [4.78, 5) is 17.5. The van der Waals surface area contributed by atoms with E-state index in [0.717, 1.165) is 11.9 Å². The summed E-state index contributed by atoms with van der Waals surface area (Å²) >= 11 is 0. The molecule has 2 atom stereocenters. The van der Waals surface area contributed by atoms with Crippen LogP contribution in [0.1, 0.15) is 34.1 Å². The number of nitrogens with one attached hydrogen (secondary N) is 2. The highest BCUT2D eigenvalue weighted by Crippen LogP contribution is 2.28. The van der Waals surface area contributed by atoms with E-state index in [4.69, 9.17) is 4.74 Å². The zero-order chi connectivity index (χ0) is 15.3. The minimum atomic E-state index is -0.460. The summed E-state index contributed by atoms with van der Waals surface area (Å²) in [6, 6.07) is 0.532. The first-order valence-electron chi connectivity index (χ1n) is 7.14. The van der Waals surface area contributed by atoms with Gasteiger partial charge < -0.3 is 20.3 Å². The van der Waals surface area contributed by atoms with E-state index >= 15 is 0 Å². The van der Waals surface area contributed by atoms with Crippen LogP contribution in [0.4, 0.5) is 4.79 Å². The molecule has 0 aromatic carbocycles. The third-order valence-electron chi connectivity index (χ3n) is 3.10. The van der Waals surface area contributed by atoms with Crippen molar-refractivity contribution in [2.24, 2.45) is 10.9 Å². The van der Waals surface area contributed by atoms with Gasteiger partial charge in [-0.2, -0.15) is 0 Å². The predicted octanol–water partition coefficient (Wildman–Crippen LogP) is 2.04. The Kier molecular flexibility index (Phi) is 8.35. The molecule has 1 rings (SSSR count). The quantitative estimate of drug-likeness (QED) is 0.422. The summed E-state index contributed by atoms with van der Waals surface area (Å²) in [7, 11) is 3.48. The molecule has 0 aromatic rings. The smallest absolute Gasteiger partial charge is 0.410 e. The van der Waals surface area contributed by atoms with E-state index in [1.165, 1.54) is 6.42 Å². The van der Waals surface area contributed by atoms with Gasteiger partial charge in [-0.05, 0) is 33.1 Å². The lowest BCUT2D eigenvalue weighted by atomic mass is 10.2. The zero-order valence-corrected chi connectivity index (χ0v) is 16.2. The van der Waals surface area contributed by atoms with E-state index in [-0.39, 0.29) is 30.1 Å².